The molecule has 0 aromatic carbocycles. The summed E-state index contributed by atoms with van der Waals surface area (Å²) in [6.45, 7) is 5.43. The summed E-state index contributed by atoms with van der Waals surface area (Å²) in [5.41, 5.74) is 0. The molecule has 2 rings (SSSR count). The summed E-state index contributed by atoms with van der Waals surface area (Å²) in [5.74, 6) is 0.378. The average molecular weight is 267 g/mol. The molecule has 108 valence electrons. The van der Waals surface area contributed by atoms with Crippen molar-refractivity contribution in [2.75, 3.05) is 39.5 Å². The predicted octanol–water partition coefficient (Wildman–Crippen LogP) is 2.00. The van der Waals surface area contributed by atoms with Crippen LogP contribution in [0.25, 0.3) is 0 Å². The molecule has 0 saturated carbocycles. The Morgan fingerprint density at radius 2 is 2.16 bits per heavy atom. The topological polar surface area (TPSA) is 38.8 Å². The molecule has 1 aliphatic heterocycles. The monoisotopic (exact) mass is 267 g/mol. The molecule has 2 aliphatic rings. The van der Waals surface area contributed by atoms with Crippen LogP contribution in [0.4, 0.5) is 0 Å². The van der Waals surface area contributed by atoms with Gasteiger partial charge in [0.15, 0.2) is 0 Å². The predicted molar refractivity (Wildman–Crippen MR) is 73.9 cm³/mol. The van der Waals surface area contributed by atoms with Gasteiger partial charge in [0.1, 0.15) is 0 Å². The molecule has 0 aromatic heterocycles. The van der Waals surface area contributed by atoms with Crippen LogP contribution in [-0.4, -0.2) is 50.3 Å². The second-order valence-electron chi connectivity index (χ2n) is 5.35. The number of nitrogens with zero attached hydrogens (tertiary/aromatic N) is 1. The Morgan fingerprint density at radius 1 is 1.32 bits per heavy atom. The highest BCUT2D eigenvalue weighted by molar-refractivity contribution is 5.70. The van der Waals surface area contributed by atoms with Crippen molar-refractivity contribution < 1.29 is 14.3 Å². The van der Waals surface area contributed by atoms with E-state index in [1.165, 1.54) is 0 Å². The third-order valence-corrected chi connectivity index (χ3v) is 3.78. The van der Waals surface area contributed by atoms with Crippen LogP contribution in [0.5, 0.6) is 0 Å². The van der Waals surface area contributed by atoms with E-state index in [-0.39, 0.29) is 5.97 Å². The number of hydrogen-bond acceptors (Lipinski definition) is 4. The molecule has 1 atom stereocenters. The molecule has 0 unspecified atom stereocenters. The first-order chi connectivity index (χ1) is 9.34. The van der Waals surface area contributed by atoms with Crippen molar-refractivity contribution in [3.8, 4) is 0 Å². The lowest BCUT2D eigenvalue weighted by molar-refractivity contribution is -0.144. The van der Waals surface area contributed by atoms with Gasteiger partial charge < -0.3 is 9.47 Å². The molecule has 1 heterocycles. The van der Waals surface area contributed by atoms with Crippen LogP contribution in [-0.2, 0) is 14.3 Å². The number of morpholine rings is 1. The van der Waals surface area contributed by atoms with E-state index >= 15 is 0 Å². The van der Waals surface area contributed by atoms with Crippen molar-refractivity contribution >= 4 is 5.97 Å². The molecule has 1 aliphatic carbocycles. The van der Waals surface area contributed by atoms with Gasteiger partial charge in [-0.25, -0.2) is 0 Å². The van der Waals surface area contributed by atoms with Gasteiger partial charge in [0.25, 0.3) is 0 Å². The van der Waals surface area contributed by atoms with E-state index in [9.17, 15) is 4.79 Å². The van der Waals surface area contributed by atoms with Crippen molar-refractivity contribution in [1.29, 1.82) is 0 Å². The zero-order valence-corrected chi connectivity index (χ0v) is 11.7. The van der Waals surface area contributed by atoms with Gasteiger partial charge in [-0.1, -0.05) is 12.2 Å². The zero-order valence-electron chi connectivity index (χ0n) is 11.7. The summed E-state index contributed by atoms with van der Waals surface area (Å²) in [7, 11) is 0. The van der Waals surface area contributed by atoms with Gasteiger partial charge in [-0.2, -0.15) is 0 Å². The van der Waals surface area contributed by atoms with Crippen molar-refractivity contribution in [1.82, 2.24) is 4.90 Å². The molecule has 1 fully saturated rings. The van der Waals surface area contributed by atoms with Gasteiger partial charge in [-0.15, -0.1) is 0 Å². The standard InChI is InChI=1S/C15H25NO3/c17-15(13-14-5-1-2-6-14)19-10-4-3-7-16-8-11-18-12-9-16/h1,5,14H,2-4,6-13H2/t14-/m1/s1. The lowest BCUT2D eigenvalue weighted by Gasteiger charge is -2.26. The highest BCUT2D eigenvalue weighted by atomic mass is 16.5. The van der Waals surface area contributed by atoms with Crippen LogP contribution in [0.3, 0.4) is 0 Å². The lowest BCUT2D eigenvalue weighted by Crippen LogP contribution is -2.36. The van der Waals surface area contributed by atoms with E-state index in [4.69, 9.17) is 9.47 Å². The van der Waals surface area contributed by atoms with E-state index in [0.717, 1.165) is 58.5 Å². The van der Waals surface area contributed by atoms with Gasteiger partial charge in [0.05, 0.1) is 26.2 Å². The summed E-state index contributed by atoms with van der Waals surface area (Å²) in [5, 5.41) is 0. The van der Waals surface area contributed by atoms with Crippen LogP contribution in [0.1, 0.15) is 32.1 Å². The fourth-order valence-electron chi connectivity index (χ4n) is 2.59. The number of unbranched alkanes of at least 4 members (excludes halogenated alkanes) is 1. The Bertz CT molecular complexity index is 298. The summed E-state index contributed by atoms with van der Waals surface area (Å²) in [6.07, 6.45) is 9.11. The van der Waals surface area contributed by atoms with E-state index in [0.29, 0.717) is 18.9 Å². The maximum absolute atomic E-state index is 11.6. The molecule has 0 amide bonds. The Balaban J connectivity index is 1.44. The van der Waals surface area contributed by atoms with Gasteiger partial charge in [0.2, 0.25) is 0 Å². The molecule has 1 saturated heterocycles. The third-order valence-electron chi connectivity index (χ3n) is 3.78. The second-order valence-corrected chi connectivity index (χ2v) is 5.35. The van der Waals surface area contributed by atoms with Gasteiger partial charge in [0, 0.05) is 13.1 Å². The molecule has 0 N–H and O–H groups in total. The molecular weight excluding hydrogens is 242 g/mol. The fraction of sp³-hybridized carbons (Fsp3) is 0.800. The van der Waals surface area contributed by atoms with Crippen LogP contribution < -0.4 is 0 Å². The highest BCUT2D eigenvalue weighted by Gasteiger charge is 2.14. The minimum Gasteiger partial charge on any atom is -0.466 e. The molecular formula is C15H25NO3. The van der Waals surface area contributed by atoms with Crippen molar-refractivity contribution in [2.45, 2.75) is 32.1 Å². The summed E-state index contributed by atoms with van der Waals surface area (Å²) in [4.78, 5) is 14.0. The molecule has 0 radical (unpaired) electrons. The SMILES string of the molecule is O=C(C[C@@H]1C=CCC1)OCCCCN1CCOCC1. The number of hydrogen-bond donors (Lipinski definition) is 0. The lowest BCUT2D eigenvalue weighted by atomic mass is 10.1. The Kier molecular flexibility index (Phi) is 6.37. The molecule has 0 aromatic rings. The smallest absolute Gasteiger partial charge is 0.306 e. The van der Waals surface area contributed by atoms with Crippen LogP contribution >= 0.6 is 0 Å². The molecule has 4 heteroatoms. The Labute approximate surface area is 115 Å². The Morgan fingerprint density at radius 3 is 2.89 bits per heavy atom. The van der Waals surface area contributed by atoms with E-state index in [2.05, 4.69) is 17.1 Å². The number of ether oxygens (including phenoxy) is 2. The van der Waals surface area contributed by atoms with E-state index in [1.807, 2.05) is 0 Å². The van der Waals surface area contributed by atoms with E-state index in [1.54, 1.807) is 0 Å². The third kappa shape index (κ3) is 5.74. The first-order valence-corrected chi connectivity index (χ1v) is 7.47. The minimum atomic E-state index is -0.0390. The molecule has 4 nitrogen and oxygen atoms in total. The Hall–Kier alpha value is -0.870. The van der Waals surface area contributed by atoms with Crippen LogP contribution in [0.2, 0.25) is 0 Å². The quantitative estimate of drug-likeness (QED) is 0.402. The largest absolute Gasteiger partial charge is 0.466 e. The summed E-state index contributed by atoms with van der Waals surface area (Å²) in [6, 6.07) is 0. The minimum absolute atomic E-state index is 0.0390. The first-order valence-electron chi connectivity index (χ1n) is 7.47. The number of carbonyl (C=O) groups is 1. The zero-order chi connectivity index (χ0) is 13.3. The number of carbonyl (C=O) groups excluding carboxylic acids is 1. The molecule has 0 bridgehead atoms. The average Bonchev–Trinajstić information content (AvgIpc) is 2.92. The van der Waals surface area contributed by atoms with E-state index < -0.39 is 0 Å². The van der Waals surface area contributed by atoms with Crippen LogP contribution in [0.15, 0.2) is 12.2 Å². The number of rotatable bonds is 7. The fourth-order valence-corrected chi connectivity index (χ4v) is 2.59. The maximum atomic E-state index is 11.6. The molecule has 19 heavy (non-hydrogen) atoms. The maximum Gasteiger partial charge on any atom is 0.306 e. The van der Waals surface area contributed by atoms with Gasteiger partial charge >= 0.3 is 5.97 Å². The first kappa shape index (κ1) is 14.5. The molecule has 0 spiro atoms. The van der Waals surface area contributed by atoms with Crippen LogP contribution in [0, 0.1) is 5.92 Å². The van der Waals surface area contributed by atoms with Crippen molar-refractivity contribution in [3.63, 3.8) is 0 Å². The normalized spacial score (nSPS) is 23.7. The van der Waals surface area contributed by atoms with Gasteiger partial charge in [-0.3, -0.25) is 9.69 Å². The van der Waals surface area contributed by atoms with Gasteiger partial charge in [-0.05, 0) is 38.1 Å². The van der Waals surface area contributed by atoms with Crippen molar-refractivity contribution in [2.24, 2.45) is 5.92 Å². The summed E-state index contributed by atoms with van der Waals surface area (Å²) >= 11 is 0. The number of esters is 1. The highest BCUT2D eigenvalue weighted by Crippen LogP contribution is 2.20. The summed E-state index contributed by atoms with van der Waals surface area (Å²) < 4.78 is 10.6. The second kappa shape index (κ2) is 8.33. The van der Waals surface area contributed by atoms with Crippen molar-refractivity contribution in [3.05, 3.63) is 12.2 Å². The number of allylic oxidation sites excluding steroid dienone is 2.